The van der Waals surface area contributed by atoms with Crippen LogP contribution in [0.25, 0.3) is 32.8 Å². The molecule has 0 aliphatic rings. The lowest BCUT2D eigenvalue weighted by atomic mass is 10.1. The molecule has 2 aromatic heterocycles. The van der Waals surface area contributed by atoms with Crippen LogP contribution >= 0.6 is 11.6 Å². The van der Waals surface area contributed by atoms with E-state index in [2.05, 4.69) is 66.3 Å². The second-order valence-electron chi connectivity index (χ2n) is 8.37. The topological polar surface area (TPSA) is 33.5 Å². The fraction of sp³-hybridized carbons (Fsp3) is 0.444. The van der Waals surface area contributed by atoms with Crippen LogP contribution < -0.4 is 4.74 Å². The number of rotatable bonds is 11. The van der Waals surface area contributed by atoms with E-state index in [1.165, 1.54) is 5.52 Å². The Hall–Kier alpha value is -2.34. The third kappa shape index (κ3) is 4.81. The Balaban J connectivity index is 1.90. The first-order valence-corrected chi connectivity index (χ1v) is 12.6. The van der Waals surface area contributed by atoms with E-state index in [-0.39, 0.29) is 0 Å². The average Bonchev–Trinajstić information content (AvgIpc) is 3.15. The Labute approximate surface area is 201 Å². The number of benzene rings is 2. The fourth-order valence-electron chi connectivity index (χ4n) is 4.64. The van der Waals surface area contributed by atoms with E-state index in [9.17, 15) is 0 Å². The molecule has 0 bridgehead atoms. The van der Waals surface area contributed by atoms with Crippen molar-refractivity contribution in [3.05, 3.63) is 47.5 Å². The highest BCUT2D eigenvalue weighted by Crippen LogP contribution is 2.39. The standard InChI is InChI=1S/C27H35ClN4O/c1-5-30(6-2)15-16-32-24-12-10-9-11-22(24)25-26(32)27(33-18-17-31(7-3)8-4)21-14-13-20(28)19-23(21)29-25/h9-14,19H,5-8,15-18H2,1-4H3. The Bertz CT molecular complexity index is 1230. The summed E-state index contributed by atoms with van der Waals surface area (Å²) in [6.07, 6.45) is 0. The Morgan fingerprint density at radius 3 is 2.30 bits per heavy atom. The summed E-state index contributed by atoms with van der Waals surface area (Å²) >= 11 is 6.35. The van der Waals surface area contributed by atoms with E-state index in [4.69, 9.17) is 21.3 Å². The smallest absolute Gasteiger partial charge is 0.154 e. The molecule has 4 aromatic rings. The Morgan fingerprint density at radius 2 is 1.58 bits per heavy atom. The van der Waals surface area contributed by atoms with Crippen molar-refractivity contribution in [3.63, 3.8) is 0 Å². The summed E-state index contributed by atoms with van der Waals surface area (Å²) in [5, 5.41) is 2.86. The lowest BCUT2D eigenvalue weighted by Gasteiger charge is -2.21. The average molecular weight is 467 g/mol. The number of hydrogen-bond donors (Lipinski definition) is 0. The van der Waals surface area contributed by atoms with Gasteiger partial charge in [0.1, 0.15) is 17.6 Å². The summed E-state index contributed by atoms with van der Waals surface area (Å²) in [5.74, 6) is 0.912. The van der Waals surface area contributed by atoms with Crippen molar-refractivity contribution in [1.82, 2.24) is 19.4 Å². The van der Waals surface area contributed by atoms with Crippen molar-refractivity contribution in [2.24, 2.45) is 0 Å². The van der Waals surface area contributed by atoms with Gasteiger partial charge in [-0.1, -0.05) is 57.5 Å². The molecule has 0 N–H and O–H groups in total. The van der Waals surface area contributed by atoms with Crippen LogP contribution in [0.3, 0.4) is 0 Å². The minimum Gasteiger partial charge on any atom is -0.489 e. The van der Waals surface area contributed by atoms with Crippen molar-refractivity contribution < 1.29 is 4.74 Å². The molecular formula is C27H35ClN4O. The number of pyridine rings is 1. The van der Waals surface area contributed by atoms with Gasteiger partial charge in [-0.3, -0.25) is 0 Å². The number of likely N-dealkylation sites (N-methyl/N-ethyl adjacent to an activating group) is 2. The second kappa shape index (κ2) is 10.7. The second-order valence-corrected chi connectivity index (χ2v) is 8.81. The molecule has 0 aliphatic heterocycles. The zero-order valence-corrected chi connectivity index (χ0v) is 21.0. The van der Waals surface area contributed by atoms with Gasteiger partial charge in [-0.25, -0.2) is 4.98 Å². The van der Waals surface area contributed by atoms with E-state index in [1.54, 1.807) is 0 Å². The van der Waals surface area contributed by atoms with Crippen LogP contribution in [0.5, 0.6) is 5.75 Å². The zero-order valence-electron chi connectivity index (χ0n) is 20.3. The fourth-order valence-corrected chi connectivity index (χ4v) is 4.81. The van der Waals surface area contributed by atoms with Gasteiger partial charge in [-0.05, 0) is 50.4 Å². The van der Waals surface area contributed by atoms with Gasteiger partial charge in [0.05, 0.1) is 11.0 Å². The third-order valence-electron chi connectivity index (χ3n) is 6.68. The SMILES string of the molecule is CCN(CC)CCOc1c2ccc(Cl)cc2nc2c3ccccc3n(CCN(CC)CC)c12. The summed E-state index contributed by atoms with van der Waals surface area (Å²) in [7, 11) is 0. The summed E-state index contributed by atoms with van der Waals surface area (Å²) in [4.78, 5) is 9.92. The minimum absolute atomic E-state index is 0.635. The van der Waals surface area contributed by atoms with E-state index < -0.39 is 0 Å². The van der Waals surface area contributed by atoms with Crippen LogP contribution in [-0.2, 0) is 6.54 Å². The maximum absolute atomic E-state index is 6.58. The number of fused-ring (bicyclic) bond motifs is 4. The predicted octanol–water partition coefficient (Wildman–Crippen LogP) is 6.06. The van der Waals surface area contributed by atoms with Gasteiger partial charge in [0.2, 0.25) is 0 Å². The lowest BCUT2D eigenvalue weighted by molar-refractivity contribution is 0.225. The minimum atomic E-state index is 0.635. The predicted molar refractivity (Wildman–Crippen MR) is 141 cm³/mol. The molecule has 0 saturated carbocycles. The molecule has 6 heteroatoms. The molecule has 4 rings (SSSR count). The molecule has 0 atom stereocenters. The lowest BCUT2D eigenvalue weighted by Crippen LogP contribution is -2.28. The molecule has 176 valence electrons. The molecule has 2 aromatic carbocycles. The summed E-state index contributed by atoms with van der Waals surface area (Å²) in [6, 6.07) is 14.5. The number of aromatic nitrogens is 2. The highest BCUT2D eigenvalue weighted by molar-refractivity contribution is 6.31. The molecule has 0 aliphatic carbocycles. The number of halogens is 1. The van der Waals surface area contributed by atoms with Gasteiger partial charge in [0.25, 0.3) is 0 Å². The molecule has 0 amide bonds. The third-order valence-corrected chi connectivity index (χ3v) is 6.91. The zero-order chi connectivity index (χ0) is 23.4. The first kappa shape index (κ1) is 23.8. The van der Waals surface area contributed by atoms with Gasteiger partial charge in [0, 0.05) is 35.4 Å². The van der Waals surface area contributed by atoms with E-state index in [0.29, 0.717) is 11.6 Å². The number of nitrogens with zero attached hydrogens (tertiary/aromatic N) is 4. The quantitative estimate of drug-likeness (QED) is 0.269. The molecule has 0 saturated heterocycles. The molecular weight excluding hydrogens is 432 g/mol. The first-order chi connectivity index (χ1) is 16.1. The molecule has 2 heterocycles. The van der Waals surface area contributed by atoms with Crippen molar-refractivity contribution in [1.29, 1.82) is 0 Å². The summed E-state index contributed by atoms with van der Waals surface area (Å²) in [6.45, 7) is 16.3. The largest absolute Gasteiger partial charge is 0.489 e. The van der Waals surface area contributed by atoms with Crippen LogP contribution in [0.2, 0.25) is 5.02 Å². The van der Waals surface area contributed by atoms with Crippen LogP contribution in [0, 0.1) is 0 Å². The highest BCUT2D eigenvalue weighted by Gasteiger charge is 2.20. The molecule has 5 nitrogen and oxygen atoms in total. The monoisotopic (exact) mass is 466 g/mol. The van der Waals surface area contributed by atoms with E-state index >= 15 is 0 Å². The molecule has 0 spiro atoms. The molecule has 0 radical (unpaired) electrons. The van der Waals surface area contributed by atoms with Crippen molar-refractivity contribution >= 4 is 44.4 Å². The number of para-hydroxylation sites is 1. The van der Waals surface area contributed by atoms with Crippen LogP contribution in [-0.4, -0.2) is 65.2 Å². The van der Waals surface area contributed by atoms with Gasteiger partial charge < -0.3 is 19.1 Å². The number of ether oxygens (including phenoxy) is 1. The molecule has 33 heavy (non-hydrogen) atoms. The van der Waals surface area contributed by atoms with Crippen molar-refractivity contribution in [2.75, 3.05) is 45.9 Å². The Morgan fingerprint density at radius 1 is 0.879 bits per heavy atom. The molecule has 0 fully saturated rings. The van der Waals surface area contributed by atoms with Crippen molar-refractivity contribution in [2.45, 2.75) is 34.2 Å². The van der Waals surface area contributed by atoms with Crippen molar-refractivity contribution in [3.8, 4) is 5.75 Å². The maximum atomic E-state index is 6.58. The van der Waals surface area contributed by atoms with Crippen LogP contribution in [0.15, 0.2) is 42.5 Å². The van der Waals surface area contributed by atoms with Crippen LogP contribution in [0.1, 0.15) is 27.7 Å². The Kier molecular flexibility index (Phi) is 7.74. The highest BCUT2D eigenvalue weighted by atomic mass is 35.5. The van der Waals surface area contributed by atoms with E-state index in [0.717, 1.165) is 78.9 Å². The molecule has 0 unspecified atom stereocenters. The van der Waals surface area contributed by atoms with E-state index in [1.807, 2.05) is 18.2 Å². The van der Waals surface area contributed by atoms with Gasteiger partial charge in [0.15, 0.2) is 5.75 Å². The van der Waals surface area contributed by atoms with Gasteiger partial charge in [-0.15, -0.1) is 0 Å². The van der Waals surface area contributed by atoms with Gasteiger partial charge in [-0.2, -0.15) is 0 Å². The summed E-state index contributed by atoms with van der Waals surface area (Å²) < 4.78 is 8.98. The van der Waals surface area contributed by atoms with Crippen LogP contribution in [0.4, 0.5) is 0 Å². The normalized spacial score (nSPS) is 12.1. The first-order valence-electron chi connectivity index (χ1n) is 12.2. The summed E-state index contributed by atoms with van der Waals surface area (Å²) in [5.41, 5.74) is 4.14. The number of hydrogen-bond acceptors (Lipinski definition) is 4. The van der Waals surface area contributed by atoms with Gasteiger partial charge >= 0.3 is 0 Å². The maximum Gasteiger partial charge on any atom is 0.154 e.